The van der Waals surface area contributed by atoms with E-state index < -0.39 is 0 Å². The lowest BCUT2D eigenvalue weighted by Crippen LogP contribution is -2.32. The predicted octanol–water partition coefficient (Wildman–Crippen LogP) is 7.76. The van der Waals surface area contributed by atoms with Crippen molar-refractivity contribution in [2.24, 2.45) is 0 Å². The number of rotatable bonds is 8. The molecule has 1 aliphatic heterocycles. The highest BCUT2D eigenvalue weighted by Crippen LogP contribution is 2.33. The highest BCUT2D eigenvalue weighted by Gasteiger charge is 2.19. The normalized spacial score (nSPS) is 15.3. The van der Waals surface area contributed by atoms with Crippen molar-refractivity contribution in [3.63, 3.8) is 0 Å². The highest BCUT2D eigenvalue weighted by atomic mass is 35.5. The van der Waals surface area contributed by atoms with Gasteiger partial charge in [-0.3, -0.25) is 4.98 Å². The third kappa shape index (κ3) is 5.97. The van der Waals surface area contributed by atoms with E-state index in [1.165, 1.54) is 16.7 Å². The summed E-state index contributed by atoms with van der Waals surface area (Å²) in [5, 5.41) is 5.44. The first-order valence-electron chi connectivity index (χ1n) is 12.3. The van der Waals surface area contributed by atoms with E-state index in [0.717, 1.165) is 67.1 Å². The third-order valence-corrected chi connectivity index (χ3v) is 6.73. The number of benzene rings is 2. The molecule has 0 amide bonds. The Morgan fingerprint density at radius 1 is 1.06 bits per heavy atom. The molecule has 1 fully saturated rings. The van der Waals surface area contributed by atoms with Gasteiger partial charge in [-0.25, -0.2) is 0 Å². The van der Waals surface area contributed by atoms with Crippen LogP contribution in [0.5, 0.6) is 0 Å². The van der Waals surface area contributed by atoms with Gasteiger partial charge in [0.05, 0.1) is 5.52 Å². The lowest BCUT2D eigenvalue weighted by atomic mass is 9.88. The van der Waals surface area contributed by atoms with Crippen LogP contribution in [0.3, 0.4) is 0 Å². The molecule has 0 atom stereocenters. The minimum atomic E-state index is 0.721. The van der Waals surface area contributed by atoms with Crippen molar-refractivity contribution in [2.75, 3.05) is 31.5 Å². The number of pyridine rings is 1. The van der Waals surface area contributed by atoms with Crippen LogP contribution in [0.4, 0.5) is 5.69 Å². The van der Waals surface area contributed by atoms with Gasteiger partial charge in [0, 0.05) is 41.9 Å². The lowest BCUT2D eigenvalue weighted by Gasteiger charge is -2.30. The van der Waals surface area contributed by atoms with Crippen molar-refractivity contribution >= 4 is 33.8 Å². The molecule has 1 saturated heterocycles. The maximum Gasteiger partial charge on any atom is 0.0737 e. The Labute approximate surface area is 208 Å². The van der Waals surface area contributed by atoms with Gasteiger partial charge in [0.25, 0.3) is 0 Å². The number of hydrogen-bond donors (Lipinski definition) is 1. The molecular weight excluding hydrogens is 438 g/mol. The molecular formula is C30H34ClN3. The Balaban J connectivity index is 1.35. The summed E-state index contributed by atoms with van der Waals surface area (Å²) >= 11 is 6.11. The number of nitrogens with zero attached hydrogens (tertiary/aromatic N) is 2. The number of fused-ring (bicyclic) bond motifs is 1. The quantitative estimate of drug-likeness (QED) is 0.268. The SMILES string of the molecule is C/C=C\C(=C/C)C(=C1CCN(CCCNc2ccnc3cc(Cl)ccc23)CC1)c1ccccc1. The predicted molar refractivity (Wildman–Crippen MR) is 147 cm³/mol. The second-order valence-corrected chi connectivity index (χ2v) is 9.17. The summed E-state index contributed by atoms with van der Waals surface area (Å²) in [5.74, 6) is 0. The van der Waals surface area contributed by atoms with E-state index in [1.807, 2.05) is 30.5 Å². The lowest BCUT2D eigenvalue weighted by molar-refractivity contribution is 0.256. The van der Waals surface area contributed by atoms with E-state index in [0.29, 0.717) is 0 Å². The first-order chi connectivity index (χ1) is 16.7. The fourth-order valence-corrected chi connectivity index (χ4v) is 4.95. The van der Waals surface area contributed by atoms with E-state index in [1.54, 1.807) is 5.57 Å². The molecule has 1 aliphatic rings. The number of allylic oxidation sites excluding steroid dienone is 5. The Morgan fingerprint density at radius 3 is 2.59 bits per heavy atom. The average molecular weight is 472 g/mol. The van der Waals surface area contributed by atoms with Crippen molar-refractivity contribution in [3.05, 3.63) is 101 Å². The molecule has 0 saturated carbocycles. The van der Waals surface area contributed by atoms with Crippen molar-refractivity contribution < 1.29 is 0 Å². The standard InChI is InChI=1S/C30H34ClN3/c1-3-9-23(4-2)30(24-10-6-5-7-11-24)25-15-20-34(21-16-25)19-8-17-32-28-14-18-33-29-22-26(31)12-13-27(28)29/h3-7,9-14,18,22H,8,15-17,19-21H2,1-2H3,(H,32,33)/b9-3-,23-4+. The third-order valence-electron chi connectivity index (χ3n) is 6.49. The Hall–Kier alpha value is -2.88. The molecule has 4 heteroatoms. The number of nitrogens with one attached hydrogen (secondary N) is 1. The molecule has 4 rings (SSSR count). The van der Waals surface area contributed by atoms with Gasteiger partial charge in [-0.15, -0.1) is 0 Å². The molecule has 2 heterocycles. The maximum atomic E-state index is 6.11. The molecule has 0 bridgehead atoms. The zero-order valence-corrected chi connectivity index (χ0v) is 21.0. The van der Waals surface area contributed by atoms with Gasteiger partial charge in [-0.05, 0) is 80.6 Å². The molecule has 1 aromatic heterocycles. The van der Waals surface area contributed by atoms with Gasteiger partial charge in [-0.2, -0.15) is 0 Å². The first-order valence-corrected chi connectivity index (χ1v) is 12.6. The van der Waals surface area contributed by atoms with Crippen molar-refractivity contribution in [1.82, 2.24) is 9.88 Å². The Bertz CT molecular complexity index is 1180. The summed E-state index contributed by atoms with van der Waals surface area (Å²) < 4.78 is 0. The van der Waals surface area contributed by atoms with Crippen LogP contribution in [0, 0.1) is 0 Å². The van der Waals surface area contributed by atoms with Crippen LogP contribution in [0.25, 0.3) is 16.5 Å². The fourth-order valence-electron chi connectivity index (χ4n) is 4.78. The summed E-state index contributed by atoms with van der Waals surface area (Å²) in [6.07, 6.45) is 11.8. The van der Waals surface area contributed by atoms with Gasteiger partial charge in [0.15, 0.2) is 0 Å². The number of halogens is 1. The number of hydrogen-bond acceptors (Lipinski definition) is 3. The molecule has 2 aromatic carbocycles. The molecule has 3 nitrogen and oxygen atoms in total. The molecule has 34 heavy (non-hydrogen) atoms. The fraction of sp³-hybridized carbons (Fsp3) is 0.300. The van der Waals surface area contributed by atoms with Crippen LogP contribution in [0.2, 0.25) is 5.02 Å². The van der Waals surface area contributed by atoms with E-state index in [4.69, 9.17) is 11.6 Å². The van der Waals surface area contributed by atoms with Crippen LogP contribution >= 0.6 is 11.6 Å². The molecule has 3 aromatic rings. The van der Waals surface area contributed by atoms with Gasteiger partial charge in [-0.1, -0.05) is 65.7 Å². The second-order valence-electron chi connectivity index (χ2n) is 8.73. The van der Waals surface area contributed by atoms with Crippen LogP contribution < -0.4 is 5.32 Å². The highest BCUT2D eigenvalue weighted by molar-refractivity contribution is 6.31. The zero-order chi connectivity index (χ0) is 23.8. The van der Waals surface area contributed by atoms with Crippen LogP contribution in [0.1, 0.15) is 38.7 Å². The van der Waals surface area contributed by atoms with Crippen molar-refractivity contribution in [1.29, 1.82) is 0 Å². The molecule has 176 valence electrons. The number of piperidine rings is 1. The number of anilines is 1. The topological polar surface area (TPSA) is 28.2 Å². The summed E-state index contributed by atoms with van der Waals surface area (Å²) in [6.45, 7) is 8.53. The summed E-state index contributed by atoms with van der Waals surface area (Å²) in [5.41, 5.74) is 7.71. The number of likely N-dealkylation sites (tertiary alicyclic amines) is 1. The monoisotopic (exact) mass is 471 g/mol. The second kappa shape index (κ2) is 12.0. The summed E-state index contributed by atoms with van der Waals surface area (Å²) in [6, 6.07) is 18.8. The minimum Gasteiger partial charge on any atom is -0.384 e. The molecule has 1 N–H and O–H groups in total. The van der Waals surface area contributed by atoms with E-state index in [2.05, 4.69) is 77.6 Å². The smallest absolute Gasteiger partial charge is 0.0737 e. The Kier molecular flexibility index (Phi) is 8.56. The number of aromatic nitrogens is 1. The van der Waals surface area contributed by atoms with Crippen LogP contribution in [0.15, 0.2) is 90.2 Å². The van der Waals surface area contributed by atoms with Crippen LogP contribution in [-0.4, -0.2) is 36.1 Å². The molecule has 0 unspecified atom stereocenters. The van der Waals surface area contributed by atoms with E-state index >= 15 is 0 Å². The molecule has 0 spiro atoms. The van der Waals surface area contributed by atoms with E-state index in [9.17, 15) is 0 Å². The minimum absolute atomic E-state index is 0.721. The van der Waals surface area contributed by atoms with E-state index in [-0.39, 0.29) is 0 Å². The average Bonchev–Trinajstić information content (AvgIpc) is 2.87. The van der Waals surface area contributed by atoms with Gasteiger partial charge in [0.1, 0.15) is 0 Å². The van der Waals surface area contributed by atoms with Crippen molar-refractivity contribution in [3.8, 4) is 0 Å². The van der Waals surface area contributed by atoms with Gasteiger partial charge < -0.3 is 10.2 Å². The maximum absolute atomic E-state index is 6.11. The van der Waals surface area contributed by atoms with Gasteiger partial charge in [0.2, 0.25) is 0 Å². The first kappa shape index (κ1) is 24.3. The summed E-state index contributed by atoms with van der Waals surface area (Å²) in [4.78, 5) is 7.03. The largest absolute Gasteiger partial charge is 0.384 e. The van der Waals surface area contributed by atoms with Crippen LogP contribution in [-0.2, 0) is 0 Å². The molecule has 0 aliphatic carbocycles. The Morgan fingerprint density at radius 2 is 1.85 bits per heavy atom. The van der Waals surface area contributed by atoms with Gasteiger partial charge >= 0.3 is 0 Å². The molecule has 0 radical (unpaired) electrons. The van der Waals surface area contributed by atoms with Crippen molar-refractivity contribution in [2.45, 2.75) is 33.1 Å². The zero-order valence-electron chi connectivity index (χ0n) is 20.2. The summed E-state index contributed by atoms with van der Waals surface area (Å²) in [7, 11) is 0.